The van der Waals surface area contributed by atoms with E-state index in [9.17, 15) is 9.59 Å². The maximum atomic E-state index is 12.6. The molecule has 3 rings (SSSR count). The van der Waals surface area contributed by atoms with Crippen LogP contribution in [0.3, 0.4) is 0 Å². The van der Waals surface area contributed by atoms with Crippen molar-refractivity contribution in [3.05, 3.63) is 30.1 Å². The number of likely N-dealkylation sites (tertiary alicyclic amines) is 1. The number of aryl methyl sites for hydroxylation is 1. The molecular formula is C18H24N4O2. The summed E-state index contributed by atoms with van der Waals surface area (Å²) in [5.41, 5.74) is 1.97. The van der Waals surface area contributed by atoms with Gasteiger partial charge in [-0.3, -0.25) is 9.59 Å². The van der Waals surface area contributed by atoms with Gasteiger partial charge in [-0.15, -0.1) is 0 Å². The molecule has 24 heavy (non-hydrogen) atoms. The Morgan fingerprint density at radius 2 is 2.00 bits per heavy atom. The van der Waals surface area contributed by atoms with Crippen molar-refractivity contribution in [2.75, 3.05) is 13.6 Å². The number of rotatable bonds is 4. The Morgan fingerprint density at radius 1 is 1.29 bits per heavy atom. The molecule has 1 N–H and O–H groups in total. The van der Waals surface area contributed by atoms with Gasteiger partial charge in [-0.25, -0.2) is 4.98 Å². The first-order chi connectivity index (χ1) is 11.4. The number of nitrogens with one attached hydrogen (secondary N) is 1. The summed E-state index contributed by atoms with van der Waals surface area (Å²) in [5.74, 6) is 0.715. The zero-order valence-corrected chi connectivity index (χ0v) is 14.6. The molecule has 6 heteroatoms. The minimum atomic E-state index is -0.279. The van der Waals surface area contributed by atoms with Gasteiger partial charge in [0.2, 0.25) is 11.8 Å². The molecule has 1 aromatic heterocycles. The van der Waals surface area contributed by atoms with Crippen molar-refractivity contribution < 1.29 is 9.59 Å². The summed E-state index contributed by atoms with van der Waals surface area (Å²) in [6.07, 6.45) is 0.287. The monoisotopic (exact) mass is 328 g/mol. The van der Waals surface area contributed by atoms with E-state index >= 15 is 0 Å². The number of hydrogen-bond donors (Lipinski definition) is 1. The zero-order chi connectivity index (χ0) is 17.4. The van der Waals surface area contributed by atoms with Crippen LogP contribution in [-0.4, -0.2) is 39.9 Å². The van der Waals surface area contributed by atoms with Crippen molar-refractivity contribution in [1.29, 1.82) is 0 Å². The van der Waals surface area contributed by atoms with E-state index in [0.717, 1.165) is 16.9 Å². The average molecular weight is 328 g/mol. The lowest BCUT2D eigenvalue weighted by Gasteiger charge is -2.23. The van der Waals surface area contributed by atoms with Gasteiger partial charge in [-0.05, 0) is 18.1 Å². The molecule has 0 aliphatic carbocycles. The zero-order valence-electron chi connectivity index (χ0n) is 14.6. The fraction of sp³-hybridized carbons (Fsp3) is 0.500. The molecule has 1 aliphatic heterocycles. The van der Waals surface area contributed by atoms with Gasteiger partial charge in [-0.1, -0.05) is 26.0 Å². The van der Waals surface area contributed by atoms with E-state index in [4.69, 9.17) is 4.98 Å². The highest BCUT2D eigenvalue weighted by Crippen LogP contribution is 2.26. The van der Waals surface area contributed by atoms with E-state index in [1.165, 1.54) is 0 Å². The minimum Gasteiger partial charge on any atom is -0.346 e. The Kier molecular flexibility index (Phi) is 4.30. The van der Waals surface area contributed by atoms with Crippen molar-refractivity contribution >= 4 is 22.8 Å². The Morgan fingerprint density at radius 3 is 2.58 bits per heavy atom. The SMILES string of the molecule is CC(C)[C@@H](NC(=O)[C@@H]1CC(=O)N(C)C1)c1nc2ccccc2n1C. The van der Waals surface area contributed by atoms with Gasteiger partial charge in [0.05, 0.1) is 23.0 Å². The van der Waals surface area contributed by atoms with E-state index < -0.39 is 0 Å². The molecule has 2 aromatic rings. The third kappa shape index (κ3) is 2.88. The largest absolute Gasteiger partial charge is 0.346 e. The number of benzene rings is 1. The van der Waals surface area contributed by atoms with Gasteiger partial charge in [0, 0.05) is 27.1 Å². The summed E-state index contributed by atoms with van der Waals surface area (Å²) >= 11 is 0. The Labute approximate surface area is 141 Å². The molecule has 0 saturated carbocycles. The first-order valence-electron chi connectivity index (χ1n) is 8.34. The van der Waals surface area contributed by atoms with Crippen LogP contribution in [0.1, 0.15) is 32.1 Å². The topological polar surface area (TPSA) is 67.2 Å². The van der Waals surface area contributed by atoms with E-state index in [1.807, 2.05) is 35.9 Å². The third-order valence-electron chi connectivity index (χ3n) is 4.78. The lowest BCUT2D eigenvalue weighted by Crippen LogP contribution is -2.38. The van der Waals surface area contributed by atoms with Crippen molar-refractivity contribution in [2.24, 2.45) is 18.9 Å². The molecule has 0 spiro atoms. The van der Waals surface area contributed by atoms with Gasteiger partial charge in [0.15, 0.2) is 0 Å². The quantitative estimate of drug-likeness (QED) is 0.931. The molecule has 0 bridgehead atoms. The van der Waals surface area contributed by atoms with Crippen molar-refractivity contribution in [2.45, 2.75) is 26.3 Å². The molecule has 1 aromatic carbocycles. The van der Waals surface area contributed by atoms with Crippen LogP contribution in [0.2, 0.25) is 0 Å². The van der Waals surface area contributed by atoms with E-state index in [2.05, 4.69) is 19.2 Å². The van der Waals surface area contributed by atoms with Gasteiger partial charge in [0.1, 0.15) is 5.82 Å². The van der Waals surface area contributed by atoms with Crippen LogP contribution in [0.5, 0.6) is 0 Å². The molecule has 1 aliphatic rings. The van der Waals surface area contributed by atoms with Crippen LogP contribution in [0, 0.1) is 11.8 Å². The summed E-state index contributed by atoms with van der Waals surface area (Å²) in [6, 6.07) is 7.76. The molecule has 2 heterocycles. The Bertz CT molecular complexity index is 780. The van der Waals surface area contributed by atoms with Crippen LogP contribution in [0.15, 0.2) is 24.3 Å². The second kappa shape index (κ2) is 6.26. The van der Waals surface area contributed by atoms with Crippen LogP contribution in [0.25, 0.3) is 11.0 Å². The molecule has 2 atom stereocenters. The van der Waals surface area contributed by atoms with Crippen molar-refractivity contribution in [3.8, 4) is 0 Å². The fourth-order valence-corrected chi connectivity index (χ4v) is 3.28. The standard InChI is InChI=1S/C18H24N4O2/c1-11(2)16(20-18(24)12-9-15(23)21(3)10-12)17-19-13-7-5-6-8-14(13)22(17)4/h5-8,11-12,16H,9-10H2,1-4H3,(H,20,24)/t12-,16-/m1/s1. The molecular weight excluding hydrogens is 304 g/mol. The van der Waals surface area contributed by atoms with E-state index in [-0.39, 0.29) is 36.1 Å². The van der Waals surface area contributed by atoms with Crippen LogP contribution < -0.4 is 5.32 Å². The normalized spacial score (nSPS) is 19.3. The third-order valence-corrected chi connectivity index (χ3v) is 4.78. The molecule has 0 unspecified atom stereocenters. The van der Waals surface area contributed by atoms with Crippen molar-refractivity contribution in [3.63, 3.8) is 0 Å². The fourth-order valence-electron chi connectivity index (χ4n) is 3.28. The smallest absolute Gasteiger partial charge is 0.226 e. The Balaban J connectivity index is 1.86. The molecule has 6 nitrogen and oxygen atoms in total. The molecule has 128 valence electrons. The van der Waals surface area contributed by atoms with Gasteiger partial charge in [-0.2, -0.15) is 0 Å². The highest BCUT2D eigenvalue weighted by Gasteiger charge is 2.34. The van der Waals surface area contributed by atoms with Crippen LogP contribution >= 0.6 is 0 Å². The number of nitrogens with zero attached hydrogens (tertiary/aromatic N) is 3. The van der Waals surface area contributed by atoms with Crippen LogP contribution in [0.4, 0.5) is 0 Å². The molecule has 1 saturated heterocycles. The van der Waals surface area contributed by atoms with Gasteiger partial charge < -0.3 is 14.8 Å². The molecule has 0 radical (unpaired) electrons. The highest BCUT2D eigenvalue weighted by molar-refractivity contribution is 5.89. The Hall–Kier alpha value is -2.37. The van der Waals surface area contributed by atoms with Crippen molar-refractivity contribution in [1.82, 2.24) is 19.8 Å². The number of fused-ring (bicyclic) bond motifs is 1. The lowest BCUT2D eigenvalue weighted by atomic mass is 10.0. The molecule has 2 amide bonds. The summed E-state index contributed by atoms with van der Waals surface area (Å²) in [5, 5.41) is 3.12. The number of carbonyl (C=O) groups is 2. The maximum Gasteiger partial charge on any atom is 0.226 e. The maximum absolute atomic E-state index is 12.6. The highest BCUT2D eigenvalue weighted by atomic mass is 16.2. The predicted octanol–water partition coefficient (Wildman–Crippen LogP) is 1.86. The van der Waals surface area contributed by atoms with Gasteiger partial charge >= 0.3 is 0 Å². The van der Waals surface area contributed by atoms with E-state index in [1.54, 1.807) is 11.9 Å². The second-order valence-corrected chi connectivity index (χ2v) is 6.92. The summed E-state index contributed by atoms with van der Waals surface area (Å²) in [4.78, 5) is 30.6. The average Bonchev–Trinajstić information content (AvgIpc) is 3.05. The second-order valence-electron chi connectivity index (χ2n) is 6.92. The number of para-hydroxylation sites is 2. The summed E-state index contributed by atoms with van der Waals surface area (Å²) < 4.78 is 2.03. The number of aromatic nitrogens is 2. The first-order valence-corrected chi connectivity index (χ1v) is 8.34. The number of amides is 2. The minimum absolute atomic E-state index is 0.0268. The predicted molar refractivity (Wildman–Crippen MR) is 92.2 cm³/mol. The number of imidazole rings is 1. The summed E-state index contributed by atoms with van der Waals surface area (Å²) in [6.45, 7) is 4.62. The number of hydrogen-bond acceptors (Lipinski definition) is 3. The summed E-state index contributed by atoms with van der Waals surface area (Å²) in [7, 11) is 3.71. The first kappa shape index (κ1) is 16.5. The van der Waals surface area contributed by atoms with E-state index in [0.29, 0.717) is 6.54 Å². The number of carbonyl (C=O) groups excluding carboxylic acids is 2. The molecule has 1 fully saturated rings. The van der Waals surface area contributed by atoms with Gasteiger partial charge in [0.25, 0.3) is 0 Å². The lowest BCUT2D eigenvalue weighted by molar-refractivity contribution is -0.128. The van der Waals surface area contributed by atoms with Crippen LogP contribution in [-0.2, 0) is 16.6 Å².